The van der Waals surface area contributed by atoms with Gasteiger partial charge in [0.1, 0.15) is 5.75 Å². The molecule has 0 aliphatic carbocycles. The second kappa shape index (κ2) is 7.59. The Hall–Kier alpha value is -1.66. The first kappa shape index (κ1) is 13.4. The van der Waals surface area contributed by atoms with Gasteiger partial charge < -0.3 is 10.1 Å². The molecular weight excluding hydrogens is 238 g/mol. The van der Waals surface area contributed by atoms with E-state index in [1.807, 2.05) is 0 Å². The van der Waals surface area contributed by atoms with Gasteiger partial charge in [-0.3, -0.25) is 4.79 Å². The number of ether oxygens (including phenoxy) is 1. The quantitative estimate of drug-likeness (QED) is 0.622. The molecule has 17 heavy (non-hydrogen) atoms. The van der Waals surface area contributed by atoms with Crippen molar-refractivity contribution in [2.75, 3.05) is 13.2 Å². The van der Waals surface area contributed by atoms with Crippen molar-refractivity contribution in [1.82, 2.24) is 5.32 Å². The summed E-state index contributed by atoms with van der Waals surface area (Å²) in [5.41, 5.74) is 0. The maximum atomic E-state index is 11.3. The van der Waals surface area contributed by atoms with Crippen LogP contribution in [0.5, 0.6) is 5.75 Å². The minimum atomic E-state index is -0.156. The van der Waals surface area contributed by atoms with Gasteiger partial charge in [0.2, 0.25) is 0 Å². The molecule has 0 heterocycles. The highest BCUT2D eigenvalue weighted by atomic mass is 35.5. The molecule has 0 saturated heterocycles. The third-order valence-electron chi connectivity index (χ3n) is 2.00. The molecule has 0 radical (unpaired) electrons. The second-order valence-electron chi connectivity index (χ2n) is 3.40. The van der Waals surface area contributed by atoms with E-state index in [0.717, 1.165) is 6.42 Å². The summed E-state index contributed by atoms with van der Waals surface area (Å²) in [6, 6.07) is 6.85. The van der Waals surface area contributed by atoms with Gasteiger partial charge in [-0.25, -0.2) is 0 Å². The Morgan fingerprint density at radius 3 is 2.76 bits per heavy atom. The van der Waals surface area contributed by atoms with Crippen molar-refractivity contribution in [2.45, 2.75) is 12.8 Å². The van der Waals surface area contributed by atoms with Crippen LogP contribution in [0.4, 0.5) is 0 Å². The van der Waals surface area contributed by atoms with Gasteiger partial charge in [0.05, 0.1) is 0 Å². The van der Waals surface area contributed by atoms with Gasteiger partial charge in [0.25, 0.3) is 5.91 Å². The Labute approximate surface area is 106 Å². The molecule has 1 aromatic carbocycles. The van der Waals surface area contributed by atoms with Crippen LogP contribution in [0.15, 0.2) is 24.3 Å². The Kier molecular flexibility index (Phi) is 5.98. The predicted molar refractivity (Wildman–Crippen MR) is 68.0 cm³/mol. The van der Waals surface area contributed by atoms with E-state index in [1.165, 1.54) is 0 Å². The molecule has 1 rings (SSSR count). The molecule has 0 saturated carbocycles. The first-order chi connectivity index (χ1) is 8.22. The molecule has 0 aromatic heterocycles. The van der Waals surface area contributed by atoms with Gasteiger partial charge in [-0.05, 0) is 30.7 Å². The van der Waals surface area contributed by atoms with E-state index in [4.69, 9.17) is 22.8 Å². The smallest absolute Gasteiger partial charge is 0.257 e. The molecule has 3 nitrogen and oxygen atoms in total. The largest absolute Gasteiger partial charge is 0.484 e. The first-order valence-electron chi connectivity index (χ1n) is 5.31. The van der Waals surface area contributed by atoms with Crippen molar-refractivity contribution in [3.8, 4) is 18.1 Å². The molecule has 0 aliphatic rings. The third-order valence-corrected chi connectivity index (χ3v) is 2.26. The molecular formula is C13H14ClNO2. The molecule has 90 valence electrons. The van der Waals surface area contributed by atoms with Crippen LogP contribution in [-0.2, 0) is 4.79 Å². The van der Waals surface area contributed by atoms with Gasteiger partial charge >= 0.3 is 0 Å². The minimum Gasteiger partial charge on any atom is -0.484 e. The molecule has 0 atom stereocenters. The van der Waals surface area contributed by atoms with Crippen LogP contribution in [0, 0.1) is 12.3 Å². The normalized spacial score (nSPS) is 9.41. The lowest BCUT2D eigenvalue weighted by Gasteiger charge is -2.06. The number of terminal acetylenes is 1. The minimum absolute atomic E-state index is 0.00230. The van der Waals surface area contributed by atoms with Crippen LogP contribution >= 0.6 is 11.6 Å². The summed E-state index contributed by atoms with van der Waals surface area (Å²) in [4.78, 5) is 11.3. The zero-order chi connectivity index (χ0) is 12.5. The van der Waals surface area contributed by atoms with E-state index < -0.39 is 0 Å². The van der Waals surface area contributed by atoms with Crippen LogP contribution < -0.4 is 10.1 Å². The summed E-state index contributed by atoms with van der Waals surface area (Å²) in [5.74, 6) is 2.97. The van der Waals surface area contributed by atoms with E-state index in [2.05, 4.69) is 11.2 Å². The Bertz CT molecular complexity index is 395. The number of unbranched alkanes of at least 4 members (excludes halogenated alkanes) is 1. The summed E-state index contributed by atoms with van der Waals surface area (Å²) in [6.07, 6.45) is 6.54. The fraction of sp³-hybridized carbons (Fsp3) is 0.308. The predicted octanol–water partition coefficient (Wildman–Crippen LogP) is 2.25. The number of hydrogen-bond acceptors (Lipinski definition) is 2. The molecule has 0 fully saturated rings. The van der Waals surface area contributed by atoms with Gasteiger partial charge in [-0.1, -0.05) is 11.6 Å². The lowest BCUT2D eigenvalue weighted by molar-refractivity contribution is -0.123. The monoisotopic (exact) mass is 251 g/mol. The van der Waals surface area contributed by atoms with Gasteiger partial charge in [0, 0.05) is 18.0 Å². The Balaban J connectivity index is 2.19. The molecule has 0 unspecified atom stereocenters. The number of nitrogens with one attached hydrogen (secondary N) is 1. The third kappa shape index (κ3) is 5.84. The fourth-order valence-corrected chi connectivity index (χ4v) is 1.27. The number of halogens is 1. The Morgan fingerprint density at radius 1 is 1.41 bits per heavy atom. The van der Waals surface area contributed by atoms with Crippen molar-refractivity contribution in [1.29, 1.82) is 0 Å². The highest BCUT2D eigenvalue weighted by Crippen LogP contribution is 2.15. The molecule has 0 bridgehead atoms. The lowest BCUT2D eigenvalue weighted by Crippen LogP contribution is -2.29. The number of carbonyl (C=O) groups is 1. The van der Waals surface area contributed by atoms with Crippen molar-refractivity contribution in [3.63, 3.8) is 0 Å². The van der Waals surface area contributed by atoms with Crippen LogP contribution in [0.3, 0.4) is 0 Å². The van der Waals surface area contributed by atoms with Crippen molar-refractivity contribution in [2.24, 2.45) is 0 Å². The van der Waals surface area contributed by atoms with Crippen LogP contribution in [0.1, 0.15) is 12.8 Å². The zero-order valence-electron chi connectivity index (χ0n) is 9.41. The highest BCUT2D eigenvalue weighted by Gasteiger charge is 2.01. The molecule has 1 aromatic rings. The SMILES string of the molecule is C#CCCCNC(=O)COc1ccc(Cl)cc1. The van der Waals surface area contributed by atoms with Crippen molar-refractivity contribution >= 4 is 17.5 Å². The van der Waals surface area contributed by atoms with Crippen molar-refractivity contribution in [3.05, 3.63) is 29.3 Å². The molecule has 0 spiro atoms. The number of hydrogen-bond donors (Lipinski definition) is 1. The Morgan fingerprint density at radius 2 is 2.12 bits per heavy atom. The number of benzene rings is 1. The van der Waals surface area contributed by atoms with Crippen LogP contribution in [-0.4, -0.2) is 19.1 Å². The summed E-state index contributed by atoms with van der Waals surface area (Å²) >= 11 is 5.72. The molecule has 1 N–H and O–H groups in total. The highest BCUT2D eigenvalue weighted by molar-refractivity contribution is 6.30. The second-order valence-corrected chi connectivity index (χ2v) is 3.84. The van der Waals surface area contributed by atoms with Crippen LogP contribution in [0.25, 0.3) is 0 Å². The number of carbonyl (C=O) groups excluding carboxylic acids is 1. The van der Waals surface area contributed by atoms with Crippen LogP contribution in [0.2, 0.25) is 5.02 Å². The first-order valence-corrected chi connectivity index (χ1v) is 5.68. The summed E-state index contributed by atoms with van der Waals surface area (Å²) in [6.45, 7) is 0.574. The number of rotatable bonds is 6. The topological polar surface area (TPSA) is 38.3 Å². The van der Waals surface area contributed by atoms with Gasteiger partial charge in [-0.2, -0.15) is 0 Å². The maximum absolute atomic E-state index is 11.3. The molecule has 0 aliphatic heterocycles. The average molecular weight is 252 g/mol. The fourth-order valence-electron chi connectivity index (χ4n) is 1.15. The zero-order valence-corrected chi connectivity index (χ0v) is 10.2. The van der Waals surface area contributed by atoms with E-state index in [1.54, 1.807) is 24.3 Å². The van der Waals surface area contributed by atoms with Gasteiger partial charge in [-0.15, -0.1) is 12.3 Å². The van der Waals surface area contributed by atoms with E-state index in [0.29, 0.717) is 23.7 Å². The summed E-state index contributed by atoms with van der Waals surface area (Å²) < 4.78 is 5.27. The summed E-state index contributed by atoms with van der Waals surface area (Å²) in [5, 5.41) is 3.35. The maximum Gasteiger partial charge on any atom is 0.257 e. The van der Waals surface area contributed by atoms with E-state index >= 15 is 0 Å². The van der Waals surface area contributed by atoms with Crippen molar-refractivity contribution < 1.29 is 9.53 Å². The number of amides is 1. The lowest BCUT2D eigenvalue weighted by atomic mass is 10.3. The molecule has 1 amide bonds. The molecule has 4 heteroatoms. The van der Waals surface area contributed by atoms with E-state index in [9.17, 15) is 4.79 Å². The average Bonchev–Trinajstić information content (AvgIpc) is 2.34. The van der Waals surface area contributed by atoms with E-state index in [-0.39, 0.29) is 12.5 Å². The standard InChI is InChI=1S/C13H14ClNO2/c1-2-3-4-9-15-13(16)10-17-12-7-5-11(14)6-8-12/h1,5-8H,3-4,9-10H2,(H,15,16). The summed E-state index contributed by atoms with van der Waals surface area (Å²) in [7, 11) is 0. The van der Waals surface area contributed by atoms with Gasteiger partial charge in [0.15, 0.2) is 6.61 Å².